The summed E-state index contributed by atoms with van der Waals surface area (Å²) in [5.74, 6) is -0.419. The van der Waals surface area contributed by atoms with Crippen LogP contribution >= 0.6 is 0 Å². The molecule has 0 bridgehead atoms. The van der Waals surface area contributed by atoms with E-state index in [0.29, 0.717) is 5.89 Å². The average molecular weight is 458 g/mol. The fourth-order valence-corrected chi connectivity index (χ4v) is 3.29. The third kappa shape index (κ3) is 4.93. The van der Waals surface area contributed by atoms with E-state index in [1.165, 1.54) is 26.3 Å². The number of hydrogen-bond donors (Lipinski definition) is 1. The summed E-state index contributed by atoms with van der Waals surface area (Å²) in [6, 6.07) is 18.7. The van der Waals surface area contributed by atoms with Gasteiger partial charge in [-0.3, -0.25) is 9.59 Å². The molecule has 0 aliphatic rings. The summed E-state index contributed by atoms with van der Waals surface area (Å²) in [6.07, 6.45) is 1.39. The number of nitrogens with zero attached hydrogens (tertiary/aromatic N) is 3. The number of amides is 1. The molecule has 9 nitrogen and oxygen atoms in total. The van der Waals surface area contributed by atoms with E-state index in [4.69, 9.17) is 14.0 Å². The number of nitrogens with one attached hydrogen (secondary N) is 1. The SMILES string of the molecule is COc1ccnc(C(=O)N[C@@H](C)c2noc(-c3ccc(-c4ccccc4)cc3)n2)c1OC(C)=O. The Hall–Kier alpha value is -4.53. The van der Waals surface area contributed by atoms with E-state index in [1.807, 2.05) is 54.6 Å². The number of benzene rings is 2. The lowest BCUT2D eigenvalue weighted by atomic mass is 10.0. The quantitative estimate of drug-likeness (QED) is 0.409. The normalized spacial score (nSPS) is 11.5. The highest BCUT2D eigenvalue weighted by Crippen LogP contribution is 2.30. The molecule has 0 saturated carbocycles. The zero-order valence-electron chi connectivity index (χ0n) is 18.8. The molecule has 2 aromatic carbocycles. The number of hydrogen-bond acceptors (Lipinski definition) is 8. The fourth-order valence-electron chi connectivity index (χ4n) is 3.29. The highest BCUT2D eigenvalue weighted by molar-refractivity contribution is 5.96. The first-order valence-electron chi connectivity index (χ1n) is 10.5. The average Bonchev–Trinajstić information content (AvgIpc) is 3.35. The number of rotatable bonds is 7. The van der Waals surface area contributed by atoms with Gasteiger partial charge in [-0.25, -0.2) is 4.98 Å². The molecule has 0 fully saturated rings. The van der Waals surface area contributed by atoms with Crippen molar-refractivity contribution >= 4 is 11.9 Å². The number of ether oxygens (including phenoxy) is 2. The van der Waals surface area contributed by atoms with Gasteiger partial charge in [0.15, 0.2) is 17.3 Å². The number of carbonyl (C=O) groups excluding carboxylic acids is 2. The van der Waals surface area contributed by atoms with E-state index < -0.39 is 17.9 Å². The van der Waals surface area contributed by atoms with E-state index in [2.05, 4.69) is 20.4 Å². The molecule has 1 N–H and O–H groups in total. The Balaban J connectivity index is 1.49. The fraction of sp³-hybridized carbons (Fsp3) is 0.160. The Labute approximate surface area is 195 Å². The molecular weight excluding hydrogens is 436 g/mol. The minimum absolute atomic E-state index is 0.0606. The minimum atomic E-state index is -0.605. The van der Waals surface area contributed by atoms with Crippen LogP contribution < -0.4 is 14.8 Å². The standard InChI is InChI=1S/C25H22N4O5/c1-15(27-24(31)21-22(33-16(2)30)20(32-3)13-14-26-21)23-28-25(34-29-23)19-11-9-18(10-12-19)17-7-5-4-6-8-17/h4-15H,1-3H3,(H,27,31)/t15-/m0/s1. The number of carbonyl (C=O) groups is 2. The lowest BCUT2D eigenvalue weighted by Gasteiger charge is -2.14. The molecule has 1 amide bonds. The van der Waals surface area contributed by atoms with Crippen LogP contribution in [-0.2, 0) is 4.79 Å². The smallest absolute Gasteiger partial charge is 0.308 e. The van der Waals surface area contributed by atoms with Gasteiger partial charge in [0.05, 0.1) is 13.2 Å². The van der Waals surface area contributed by atoms with Gasteiger partial charge in [-0.05, 0) is 30.2 Å². The molecule has 0 radical (unpaired) electrons. The van der Waals surface area contributed by atoms with Crippen LogP contribution in [0, 0.1) is 0 Å². The van der Waals surface area contributed by atoms with Gasteiger partial charge in [0.25, 0.3) is 11.8 Å². The molecule has 4 aromatic rings. The molecule has 172 valence electrons. The van der Waals surface area contributed by atoms with Crippen molar-refractivity contribution in [1.82, 2.24) is 20.4 Å². The first kappa shape index (κ1) is 22.7. The lowest BCUT2D eigenvalue weighted by Crippen LogP contribution is -2.29. The molecule has 1 atom stereocenters. The van der Waals surface area contributed by atoms with E-state index in [0.717, 1.165) is 16.7 Å². The van der Waals surface area contributed by atoms with Crippen molar-refractivity contribution in [3.8, 4) is 34.1 Å². The third-order valence-corrected chi connectivity index (χ3v) is 4.96. The Bertz CT molecular complexity index is 1300. The van der Waals surface area contributed by atoms with Crippen molar-refractivity contribution in [3.63, 3.8) is 0 Å². The van der Waals surface area contributed by atoms with Gasteiger partial charge in [0.1, 0.15) is 0 Å². The van der Waals surface area contributed by atoms with Gasteiger partial charge in [0, 0.05) is 24.8 Å². The highest BCUT2D eigenvalue weighted by atomic mass is 16.6. The maximum absolute atomic E-state index is 12.8. The van der Waals surface area contributed by atoms with Crippen molar-refractivity contribution in [2.45, 2.75) is 19.9 Å². The maximum Gasteiger partial charge on any atom is 0.308 e. The Kier molecular flexibility index (Phi) is 6.63. The molecule has 34 heavy (non-hydrogen) atoms. The topological polar surface area (TPSA) is 116 Å². The van der Waals surface area contributed by atoms with Crippen molar-refractivity contribution in [1.29, 1.82) is 0 Å². The molecule has 4 rings (SSSR count). The van der Waals surface area contributed by atoms with Gasteiger partial charge in [-0.15, -0.1) is 0 Å². The largest absolute Gasteiger partial charge is 0.493 e. The van der Waals surface area contributed by atoms with Crippen LogP contribution in [0.4, 0.5) is 0 Å². The van der Waals surface area contributed by atoms with E-state index >= 15 is 0 Å². The summed E-state index contributed by atoms with van der Waals surface area (Å²) in [7, 11) is 1.40. The molecule has 0 aliphatic carbocycles. The van der Waals surface area contributed by atoms with E-state index in [-0.39, 0.29) is 23.0 Å². The second-order valence-electron chi connectivity index (χ2n) is 7.38. The van der Waals surface area contributed by atoms with Gasteiger partial charge in [-0.1, -0.05) is 47.6 Å². The summed E-state index contributed by atoms with van der Waals surface area (Å²) >= 11 is 0. The summed E-state index contributed by atoms with van der Waals surface area (Å²) in [6.45, 7) is 2.93. The van der Waals surface area contributed by atoms with E-state index in [9.17, 15) is 9.59 Å². The van der Waals surface area contributed by atoms with Gasteiger partial charge < -0.3 is 19.3 Å². The molecule has 0 saturated heterocycles. The Morgan fingerprint density at radius 1 is 0.971 bits per heavy atom. The summed E-state index contributed by atoms with van der Waals surface area (Å²) < 4.78 is 15.7. The summed E-state index contributed by atoms with van der Waals surface area (Å²) in [5, 5.41) is 6.73. The lowest BCUT2D eigenvalue weighted by molar-refractivity contribution is -0.132. The highest BCUT2D eigenvalue weighted by Gasteiger charge is 2.24. The number of aromatic nitrogens is 3. The molecule has 0 aliphatic heterocycles. The minimum Gasteiger partial charge on any atom is -0.493 e. The van der Waals surface area contributed by atoms with Crippen molar-refractivity contribution in [3.05, 3.63) is 78.4 Å². The predicted octanol–water partition coefficient (Wildman–Crippen LogP) is 4.22. The second-order valence-corrected chi connectivity index (χ2v) is 7.38. The van der Waals surface area contributed by atoms with Crippen LogP contribution in [0.15, 0.2) is 71.4 Å². The van der Waals surface area contributed by atoms with Crippen LogP contribution in [0.2, 0.25) is 0 Å². The third-order valence-electron chi connectivity index (χ3n) is 4.96. The Morgan fingerprint density at radius 3 is 2.32 bits per heavy atom. The first-order chi connectivity index (χ1) is 16.5. The van der Waals surface area contributed by atoms with Gasteiger partial charge in [0.2, 0.25) is 5.75 Å². The molecular formula is C25H22N4O5. The number of esters is 1. The number of methoxy groups -OCH3 is 1. The summed E-state index contributed by atoms with van der Waals surface area (Å²) in [4.78, 5) is 32.8. The zero-order valence-corrected chi connectivity index (χ0v) is 18.8. The number of pyridine rings is 1. The van der Waals surface area contributed by atoms with Crippen molar-refractivity contribution < 1.29 is 23.6 Å². The van der Waals surface area contributed by atoms with Crippen molar-refractivity contribution in [2.24, 2.45) is 0 Å². The summed E-state index contributed by atoms with van der Waals surface area (Å²) in [5.41, 5.74) is 2.83. The monoisotopic (exact) mass is 458 g/mol. The van der Waals surface area contributed by atoms with E-state index in [1.54, 1.807) is 6.92 Å². The predicted molar refractivity (Wildman–Crippen MR) is 123 cm³/mol. The molecule has 0 spiro atoms. The second kappa shape index (κ2) is 9.95. The van der Waals surface area contributed by atoms with Crippen LogP contribution in [-0.4, -0.2) is 34.1 Å². The first-order valence-corrected chi connectivity index (χ1v) is 10.5. The Morgan fingerprint density at radius 2 is 1.65 bits per heavy atom. The van der Waals surface area contributed by atoms with Gasteiger partial charge >= 0.3 is 5.97 Å². The maximum atomic E-state index is 12.8. The zero-order chi connectivity index (χ0) is 24.1. The van der Waals surface area contributed by atoms with Crippen LogP contribution in [0.25, 0.3) is 22.6 Å². The van der Waals surface area contributed by atoms with Crippen LogP contribution in [0.1, 0.15) is 36.2 Å². The van der Waals surface area contributed by atoms with Gasteiger partial charge in [-0.2, -0.15) is 4.98 Å². The van der Waals surface area contributed by atoms with Crippen LogP contribution in [0.5, 0.6) is 11.5 Å². The molecule has 2 aromatic heterocycles. The molecule has 2 heterocycles. The molecule has 9 heteroatoms. The van der Waals surface area contributed by atoms with Crippen LogP contribution in [0.3, 0.4) is 0 Å². The van der Waals surface area contributed by atoms with Crippen molar-refractivity contribution in [2.75, 3.05) is 7.11 Å². The molecule has 0 unspecified atom stereocenters.